The summed E-state index contributed by atoms with van der Waals surface area (Å²) >= 11 is 0. The lowest BCUT2D eigenvalue weighted by Gasteiger charge is -2.12. The predicted octanol–water partition coefficient (Wildman–Crippen LogP) is 2.25. The van der Waals surface area contributed by atoms with Gasteiger partial charge < -0.3 is 5.11 Å². The van der Waals surface area contributed by atoms with Crippen LogP contribution in [0.15, 0.2) is 12.1 Å². The first kappa shape index (κ1) is 17.5. The fraction of sp³-hybridized carbons (Fsp3) is 0.500. The fourth-order valence-electron chi connectivity index (χ4n) is 1.65. The molecule has 0 heterocycles. The Kier molecular flexibility index (Phi) is 7.18. The van der Waals surface area contributed by atoms with Crippen LogP contribution in [0.25, 0.3) is 0 Å². The Bertz CT molecular complexity index is 483. The number of aliphatic hydroxyl groups is 1. The molecule has 0 unspecified atom stereocenters. The molecular weight excluding hydrogens is 287 g/mol. The molecule has 4 nitrogen and oxygen atoms in total. The molecule has 0 aliphatic rings. The van der Waals surface area contributed by atoms with E-state index in [0.29, 0.717) is 18.7 Å². The Balaban J connectivity index is 2.44. The van der Waals surface area contributed by atoms with Crippen LogP contribution in [0.1, 0.15) is 31.7 Å². The first-order chi connectivity index (χ1) is 9.93. The number of carbonyl (C=O) groups is 1. The summed E-state index contributed by atoms with van der Waals surface area (Å²) in [5.74, 6) is -4.03. The quantitative estimate of drug-likeness (QED) is 0.440. The zero-order chi connectivity index (χ0) is 15.8. The molecule has 7 heteroatoms. The van der Waals surface area contributed by atoms with Crippen molar-refractivity contribution in [3.63, 3.8) is 0 Å². The smallest absolute Gasteiger partial charge is 0.246 e. The van der Waals surface area contributed by atoms with Gasteiger partial charge in [0.1, 0.15) is 5.82 Å². The lowest BCUT2D eigenvalue weighted by atomic mass is 10.0. The zero-order valence-electron chi connectivity index (χ0n) is 11.7. The van der Waals surface area contributed by atoms with Crippen molar-refractivity contribution in [3.8, 4) is 0 Å². The molecule has 0 aliphatic heterocycles. The fourth-order valence-corrected chi connectivity index (χ4v) is 1.65. The van der Waals surface area contributed by atoms with Crippen LogP contribution in [-0.2, 0) is 16.1 Å². The van der Waals surface area contributed by atoms with Crippen molar-refractivity contribution in [2.24, 2.45) is 0 Å². The molecule has 1 aromatic carbocycles. The maximum atomic E-state index is 13.4. The van der Waals surface area contributed by atoms with E-state index in [2.05, 4.69) is 5.48 Å². The van der Waals surface area contributed by atoms with Crippen molar-refractivity contribution in [2.45, 2.75) is 38.7 Å². The number of aliphatic hydroxyl groups excluding tert-OH is 1. The first-order valence-electron chi connectivity index (χ1n) is 6.66. The van der Waals surface area contributed by atoms with Crippen LogP contribution in [0.2, 0.25) is 0 Å². The van der Waals surface area contributed by atoms with Gasteiger partial charge in [-0.3, -0.25) is 9.63 Å². The molecule has 21 heavy (non-hydrogen) atoms. The molecule has 0 aliphatic carbocycles. The molecule has 1 amide bonds. The Hall–Kier alpha value is -1.60. The highest BCUT2D eigenvalue weighted by molar-refractivity contribution is 5.75. The second-order valence-electron chi connectivity index (χ2n) is 4.65. The normalized spacial score (nSPS) is 12.2. The van der Waals surface area contributed by atoms with Crippen LogP contribution in [0.3, 0.4) is 0 Å². The SMILES string of the molecule is CCCCONC(=O)C[C@@H](O)Cc1cc(F)c(F)cc1F. The molecule has 1 aromatic rings. The molecule has 0 saturated heterocycles. The Labute approximate surface area is 120 Å². The highest BCUT2D eigenvalue weighted by Crippen LogP contribution is 2.16. The number of benzene rings is 1. The second-order valence-corrected chi connectivity index (χ2v) is 4.65. The molecule has 0 spiro atoms. The third-order valence-electron chi connectivity index (χ3n) is 2.75. The summed E-state index contributed by atoms with van der Waals surface area (Å²) in [6, 6.07) is 1.08. The van der Waals surface area contributed by atoms with Crippen LogP contribution >= 0.6 is 0 Å². The Morgan fingerprint density at radius 1 is 1.29 bits per heavy atom. The summed E-state index contributed by atoms with van der Waals surface area (Å²) in [7, 11) is 0. The predicted molar refractivity (Wildman–Crippen MR) is 69.6 cm³/mol. The molecule has 2 N–H and O–H groups in total. The van der Waals surface area contributed by atoms with Crippen LogP contribution in [0, 0.1) is 17.5 Å². The van der Waals surface area contributed by atoms with E-state index in [4.69, 9.17) is 4.84 Å². The average molecular weight is 305 g/mol. The number of nitrogens with one attached hydrogen (secondary N) is 1. The van der Waals surface area contributed by atoms with Crippen molar-refractivity contribution in [1.29, 1.82) is 0 Å². The van der Waals surface area contributed by atoms with E-state index in [9.17, 15) is 23.1 Å². The molecular formula is C14H18F3NO3. The number of halogens is 3. The standard InChI is InChI=1S/C14H18F3NO3/c1-2-3-4-21-18-14(20)7-10(19)5-9-6-12(16)13(17)8-11(9)15/h6,8,10,19H,2-5,7H2,1H3,(H,18,20)/t10-/m0/s1. The van der Waals surface area contributed by atoms with Crippen LogP contribution in [0.4, 0.5) is 13.2 Å². The number of hydrogen-bond acceptors (Lipinski definition) is 3. The highest BCUT2D eigenvalue weighted by Gasteiger charge is 2.16. The maximum absolute atomic E-state index is 13.4. The highest BCUT2D eigenvalue weighted by atomic mass is 19.2. The molecule has 0 radical (unpaired) electrons. The van der Waals surface area contributed by atoms with Gasteiger partial charge in [-0.25, -0.2) is 18.7 Å². The minimum atomic E-state index is -1.30. The molecule has 0 fully saturated rings. The zero-order valence-corrected chi connectivity index (χ0v) is 11.7. The van der Waals surface area contributed by atoms with Gasteiger partial charge in [-0.1, -0.05) is 13.3 Å². The average Bonchev–Trinajstić information content (AvgIpc) is 2.41. The van der Waals surface area contributed by atoms with Gasteiger partial charge in [0.2, 0.25) is 5.91 Å². The molecule has 118 valence electrons. The molecule has 0 bridgehead atoms. The van der Waals surface area contributed by atoms with Gasteiger partial charge in [0.05, 0.1) is 19.1 Å². The van der Waals surface area contributed by atoms with E-state index >= 15 is 0 Å². The van der Waals surface area contributed by atoms with Crippen molar-refractivity contribution < 1.29 is 27.9 Å². The minimum absolute atomic E-state index is 0.193. The van der Waals surface area contributed by atoms with Gasteiger partial charge in [0, 0.05) is 12.5 Å². The number of hydrogen-bond donors (Lipinski definition) is 2. The van der Waals surface area contributed by atoms with E-state index in [1.54, 1.807) is 0 Å². The van der Waals surface area contributed by atoms with E-state index in [1.807, 2.05) is 6.92 Å². The van der Waals surface area contributed by atoms with Gasteiger partial charge in [-0.05, 0) is 18.1 Å². The number of hydroxylamine groups is 1. The summed E-state index contributed by atoms with van der Waals surface area (Å²) in [6.07, 6.45) is -0.161. The minimum Gasteiger partial charge on any atom is -0.392 e. The first-order valence-corrected chi connectivity index (χ1v) is 6.66. The molecule has 0 aromatic heterocycles. The third kappa shape index (κ3) is 6.14. The monoisotopic (exact) mass is 305 g/mol. The Morgan fingerprint density at radius 3 is 2.62 bits per heavy atom. The molecule has 1 rings (SSSR count). The summed E-state index contributed by atoms with van der Waals surface area (Å²) < 4.78 is 39.1. The van der Waals surface area contributed by atoms with Crippen LogP contribution < -0.4 is 5.48 Å². The molecule has 0 saturated carbocycles. The van der Waals surface area contributed by atoms with Gasteiger partial charge in [0.15, 0.2) is 11.6 Å². The second kappa shape index (κ2) is 8.63. The Morgan fingerprint density at radius 2 is 1.95 bits per heavy atom. The van der Waals surface area contributed by atoms with Crippen LogP contribution in [0.5, 0.6) is 0 Å². The third-order valence-corrected chi connectivity index (χ3v) is 2.75. The van der Waals surface area contributed by atoms with E-state index in [0.717, 1.165) is 12.8 Å². The number of rotatable bonds is 8. The summed E-state index contributed by atoms with van der Waals surface area (Å²) in [6.45, 7) is 2.32. The number of amides is 1. The number of unbranched alkanes of at least 4 members (excludes halogenated alkanes) is 1. The number of carbonyl (C=O) groups excluding carboxylic acids is 1. The lowest BCUT2D eigenvalue weighted by molar-refractivity contribution is -0.135. The van der Waals surface area contributed by atoms with Gasteiger partial charge in [-0.2, -0.15) is 0 Å². The van der Waals surface area contributed by atoms with E-state index in [1.165, 1.54) is 0 Å². The summed E-state index contributed by atoms with van der Waals surface area (Å²) in [4.78, 5) is 16.2. The van der Waals surface area contributed by atoms with Crippen molar-refractivity contribution in [3.05, 3.63) is 35.1 Å². The van der Waals surface area contributed by atoms with Gasteiger partial charge in [-0.15, -0.1) is 0 Å². The van der Waals surface area contributed by atoms with E-state index < -0.39 is 29.5 Å². The maximum Gasteiger partial charge on any atom is 0.246 e. The van der Waals surface area contributed by atoms with Gasteiger partial charge >= 0.3 is 0 Å². The molecule has 1 atom stereocenters. The van der Waals surface area contributed by atoms with Crippen LogP contribution in [-0.4, -0.2) is 23.7 Å². The van der Waals surface area contributed by atoms with Gasteiger partial charge in [0.25, 0.3) is 0 Å². The van der Waals surface area contributed by atoms with Crippen molar-refractivity contribution in [1.82, 2.24) is 5.48 Å². The van der Waals surface area contributed by atoms with Crippen molar-refractivity contribution in [2.75, 3.05) is 6.61 Å². The topological polar surface area (TPSA) is 58.6 Å². The summed E-state index contributed by atoms with van der Waals surface area (Å²) in [5.41, 5.74) is 1.95. The lowest BCUT2D eigenvalue weighted by Crippen LogP contribution is -2.29. The van der Waals surface area contributed by atoms with Crippen molar-refractivity contribution >= 4 is 5.91 Å². The summed E-state index contributed by atoms with van der Waals surface area (Å²) in [5, 5.41) is 9.66. The van der Waals surface area contributed by atoms with E-state index in [-0.39, 0.29) is 18.4 Å². The largest absolute Gasteiger partial charge is 0.392 e.